The number of methoxy groups -OCH3 is 2. The Labute approximate surface area is 191 Å². The molecule has 1 N–H and O–H groups in total. The molecule has 0 atom stereocenters. The summed E-state index contributed by atoms with van der Waals surface area (Å²) in [6.45, 7) is 3.87. The number of hydrogen-bond donors (Lipinski definition) is 1. The Hall–Kier alpha value is -3.57. The molecular weight excluding hydrogens is 422 g/mol. The summed E-state index contributed by atoms with van der Waals surface area (Å²) in [5, 5.41) is 16.2. The molecule has 0 radical (unpaired) electrons. The summed E-state index contributed by atoms with van der Waals surface area (Å²) in [4.78, 5) is 11.5. The molecule has 172 valence electrons. The summed E-state index contributed by atoms with van der Waals surface area (Å²) < 4.78 is 14.1. The predicted molar refractivity (Wildman–Crippen MR) is 123 cm³/mol. The minimum Gasteiger partial charge on any atom is -0.497 e. The van der Waals surface area contributed by atoms with Gasteiger partial charge >= 0.3 is 0 Å². The van der Waals surface area contributed by atoms with Crippen LogP contribution in [-0.4, -0.2) is 80.1 Å². The molecule has 5 rings (SSSR count). The normalized spacial score (nSPS) is 15.2. The van der Waals surface area contributed by atoms with E-state index in [2.05, 4.69) is 35.6 Å². The van der Waals surface area contributed by atoms with E-state index in [1.807, 2.05) is 41.3 Å². The summed E-state index contributed by atoms with van der Waals surface area (Å²) in [5.74, 6) is 1.24. The van der Waals surface area contributed by atoms with Gasteiger partial charge in [-0.05, 0) is 37.1 Å². The largest absolute Gasteiger partial charge is 0.497 e. The number of nitrogens with one attached hydrogen (secondary N) is 1. The first-order valence-electron chi connectivity index (χ1n) is 11.0. The van der Waals surface area contributed by atoms with E-state index < -0.39 is 0 Å². The smallest absolute Gasteiger partial charge is 0.229 e. The highest BCUT2D eigenvalue weighted by Gasteiger charge is 2.21. The van der Waals surface area contributed by atoms with Crippen molar-refractivity contribution in [3.8, 4) is 11.4 Å². The fourth-order valence-electron chi connectivity index (χ4n) is 4.04. The van der Waals surface area contributed by atoms with E-state index in [0.717, 1.165) is 56.2 Å². The summed E-state index contributed by atoms with van der Waals surface area (Å²) in [5.41, 5.74) is 2.92. The van der Waals surface area contributed by atoms with Crippen molar-refractivity contribution in [2.75, 3.05) is 45.8 Å². The maximum atomic E-state index is 5.23. The fourth-order valence-corrected chi connectivity index (χ4v) is 4.04. The molecule has 0 unspecified atom stereocenters. The van der Waals surface area contributed by atoms with Crippen LogP contribution >= 0.6 is 0 Å². The van der Waals surface area contributed by atoms with Crippen molar-refractivity contribution in [2.45, 2.75) is 18.9 Å². The number of piperidine rings is 1. The van der Waals surface area contributed by atoms with Crippen LogP contribution in [0.15, 0.2) is 42.9 Å². The van der Waals surface area contributed by atoms with Crippen molar-refractivity contribution < 1.29 is 9.47 Å². The lowest BCUT2D eigenvalue weighted by molar-refractivity contribution is 0.119. The summed E-state index contributed by atoms with van der Waals surface area (Å²) in [7, 11) is 3.38. The number of nitrogens with zero attached hydrogens (tertiary/aromatic N) is 8. The second-order valence-corrected chi connectivity index (χ2v) is 8.00. The molecule has 11 heteroatoms. The minimum atomic E-state index is 0.392. The van der Waals surface area contributed by atoms with E-state index in [4.69, 9.17) is 9.47 Å². The van der Waals surface area contributed by atoms with Gasteiger partial charge in [-0.25, -0.2) is 4.98 Å². The molecule has 0 aliphatic carbocycles. The first-order valence-corrected chi connectivity index (χ1v) is 11.0. The summed E-state index contributed by atoms with van der Waals surface area (Å²) in [6.07, 6.45) is 7.63. The van der Waals surface area contributed by atoms with Crippen LogP contribution in [0.4, 0.5) is 11.6 Å². The molecule has 1 saturated heterocycles. The standard InChI is InChI=1S/C22H27N9O2/c1-32-12-11-29-9-7-17(8-10-29)30-15-16(13-24-30)25-22-23-14-20-21(26-22)31(28-27-20)18-3-5-19(33-2)6-4-18/h3-6,13-15,17H,7-12H2,1-2H3,(H,23,25,26). The van der Waals surface area contributed by atoms with E-state index in [1.165, 1.54) is 0 Å². The van der Waals surface area contributed by atoms with Gasteiger partial charge in [0, 0.05) is 32.9 Å². The number of aromatic nitrogens is 7. The van der Waals surface area contributed by atoms with Gasteiger partial charge in [-0.15, -0.1) is 5.10 Å². The number of rotatable bonds is 8. The number of ether oxygens (including phenoxy) is 2. The van der Waals surface area contributed by atoms with Crippen molar-refractivity contribution in [3.05, 3.63) is 42.9 Å². The third-order valence-electron chi connectivity index (χ3n) is 5.91. The Morgan fingerprint density at radius 2 is 1.91 bits per heavy atom. The van der Waals surface area contributed by atoms with Crippen molar-refractivity contribution in [3.63, 3.8) is 0 Å². The molecule has 4 heterocycles. The van der Waals surface area contributed by atoms with Gasteiger partial charge in [0.05, 0.1) is 43.5 Å². The minimum absolute atomic E-state index is 0.392. The third-order valence-corrected chi connectivity index (χ3v) is 5.91. The van der Waals surface area contributed by atoms with E-state index in [1.54, 1.807) is 25.1 Å². The average molecular weight is 450 g/mol. The van der Waals surface area contributed by atoms with Crippen molar-refractivity contribution in [1.82, 2.24) is 39.6 Å². The first-order chi connectivity index (χ1) is 16.2. The zero-order chi connectivity index (χ0) is 22.6. The zero-order valence-electron chi connectivity index (χ0n) is 18.8. The molecule has 11 nitrogen and oxygen atoms in total. The number of benzene rings is 1. The average Bonchev–Trinajstić information content (AvgIpc) is 3.50. The van der Waals surface area contributed by atoms with Crippen molar-refractivity contribution >= 4 is 22.8 Å². The number of likely N-dealkylation sites (tertiary alicyclic amines) is 1. The Morgan fingerprint density at radius 3 is 2.67 bits per heavy atom. The number of hydrogen-bond acceptors (Lipinski definition) is 9. The molecule has 0 spiro atoms. The highest BCUT2D eigenvalue weighted by Crippen LogP contribution is 2.24. The van der Waals surface area contributed by atoms with Crippen LogP contribution < -0.4 is 10.1 Å². The first kappa shape index (κ1) is 21.3. The molecule has 3 aromatic heterocycles. The fraction of sp³-hybridized carbons (Fsp3) is 0.409. The predicted octanol–water partition coefficient (Wildman–Crippen LogP) is 2.44. The van der Waals surface area contributed by atoms with Crippen LogP contribution in [0.5, 0.6) is 5.75 Å². The van der Waals surface area contributed by atoms with Gasteiger partial charge < -0.3 is 19.7 Å². The number of fused-ring (bicyclic) bond motifs is 1. The van der Waals surface area contributed by atoms with Gasteiger partial charge in [-0.1, -0.05) is 5.21 Å². The molecular formula is C22H27N9O2. The lowest BCUT2D eigenvalue weighted by Gasteiger charge is -2.31. The Morgan fingerprint density at radius 1 is 1.09 bits per heavy atom. The van der Waals surface area contributed by atoms with Gasteiger partial charge in [-0.2, -0.15) is 14.8 Å². The van der Waals surface area contributed by atoms with Crippen molar-refractivity contribution in [2.24, 2.45) is 0 Å². The van der Waals surface area contributed by atoms with Gasteiger partial charge in [-0.3, -0.25) is 4.68 Å². The highest BCUT2D eigenvalue weighted by molar-refractivity contribution is 5.72. The summed E-state index contributed by atoms with van der Waals surface area (Å²) >= 11 is 0. The molecule has 0 bridgehead atoms. The molecule has 33 heavy (non-hydrogen) atoms. The van der Waals surface area contributed by atoms with Crippen LogP contribution in [0.3, 0.4) is 0 Å². The molecule has 1 fully saturated rings. The van der Waals surface area contributed by atoms with Gasteiger partial charge in [0.2, 0.25) is 5.95 Å². The lowest BCUT2D eigenvalue weighted by atomic mass is 10.1. The molecule has 1 aliphatic heterocycles. The lowest BCUT2D eigenvalue weighted by Crippen LogP contribution is -2.36. The Bertz CT molecular complexity index is 1200. The molecule has 1 aliphatic rings. The van der Waals surface area contributed by atoms with E-state index in [9.17, 15) is 0 Å². The van der Waals surface area contributed by atoms with Crippen molar-refractivity contribution in [1.29, 1.82) is 0 Å². The second kappa shape index (κ2) is 9.51. The van der Waals surface area contributed by atoms with Gasteiger partial charge in [0.15, 0.2) is 11.2 Å². The SMILES string of the molecule is COCCN1CCC(n2cc(Nc3ncc4nnn(-c5ccc(OC)cc5)c4n3)cn2)CC1. The number of anilines is 2. The third kappa shape index (κ3) is 4.64. The van der Waals surface area contributed by atoms with E-state index >= 15 is 0 Å². The van der Waals surface area contributed by atoms with E-state index in [0.29, 0.717) is 23.2 Å². The molecule has 1 aromatic carbocycles. The molecule has 0 amide bonds. The van der Waals surface area contributed by atoms with Crippen LogP contribution in [0, 0.1) is 0 Å². The van der Waals surface area contributed by atoms with E-state index in [-0.39, 0.29) is 0 Å². The molecule has 4 aromatic rings. The van der Waals surface area contributed by atoms with Crippen LogP contribution in [-0.2, 0) is 4.74 Å². The van der Waals surface area contributed by atoms with Crippen LogP contribution in [0.1, 0.15) is 18.9 Å². The zero-order valence-corrected chi connectivity index (χ0v) is 18.8. The Kier molecular flexibility index (Phi) is 6.13. The maximum Gasteiger partial charge on any atom is 0.229 e. The molecule has 0 saturated carbocycles. The van der Waals surface area contributed by atoms with Crippen LogP contribution in [0.2, 0.25) is 0 Å². The monoisotopic (exact) mass is 449 g/mol. The van der Waals surface area contributed by atoms with Crippen LogP contribution in [0.25, 0.3) is 16.9 Å². The maximum absolute atomic E-state index is 5.23. The van der Waals surface area contributed by atoms with Gasteiger partial charge in [0.1, 0.15) is 5.75 Å². The quantitative estimate of drug-likeness (QED) is 0.434. The Balaban J connectivity index is 1.28. The summed E-state index contributed by atoms with van der Waals surface area (Å²) in [6, 6.07) is 7.96. The highest BCUT2D eigenvalue weighted by atomic mass is 16.5. The topological polar surface area (TPSA) is 108 Å². The van der Waals surface area contributed by atoms with Gasteiger partial charge in [0.25, 0.3) is 0 Å². The second-order valence-electron chi connectivity index (χ2n) is 8.00.